The SMILES string of the molecule is O=C(O)c1ccc(NS(=O)(=O)c2cnc(-c3ccc(F)cc3)s2)c(OC2CC2)c1. The highest BCUT2D eigenvalue weighted by molar-refractivity contribution is 7.94. The van der Waals surface area contributed by atoms with E-state index in [9.17, 15) is 17.6 Å². The molecule has 0 radical (unpaired) electrons. The standard InChI is InChI=1S/C19H15FN2O5S2/c20-13-4-1-11(2-5-13)18-21-10-17(28-18)29(25,26)22-15-8-3-12(19(23)24)9-16(15)27-14-6-7-14/h1-5,8-10,14,22H,6-7H2,(H,23,24). The van der Waals surface area contributed by atoms with Crippen LogP contribution in [0.1, 0.15) is 23.2 Å². The molecule has 150 valence electrons. The van der Waals surface area contributed by atoms with Gasteiger partial charge in [0.25, 0.3) is 10.0 Å². The van der Waals surface area contributed by atoms with Crippen LogP contribution in [-0.4, -0.2) is 30.6 Å². The molecule has 0 atom stereocenters. The van der Waals surface area contributed by atoms with Crippen LogP contribution in [0.5, 0.6) is 5.75 Å². The molecular weight excluding hydrogens is 419 g/mol. The Morgan fingerprint density at radius 3 is 2.59 bits per heavy atom. The summed E-state index contributed by atoms with van der Waals surface area (Å²) in [6.07, 6.45) is 2.84. The lowest BCUT2D eigenvalue weighted by Crippen LogP contribution is -2.13. The second-order valence-corrected chi connectivity index (χ2v) is 9.37. The number of sulfonamides is 1. The van der Waals surface area contributed by atoms with Crippen molar-refractivity contribution in [3.8, 4) is 16.3 Å². The van der Waals surface area contributed by atoms with Crippen LogP contribution in [-0.2, 0) is 10.0 Å². The Morgan fingerprint density at radius 1 is 1.21 bits per heavy atom. The third-order valence-electron chi connectivity index (χ3n) is 4.13. The molecule has 1 fully saturated rings. The summed E-state index contributed by atoms with van der Waals surface area (Å²) in [7, 11) is -3.98. The van der Waals surface area contributed by atoms with Gasteiger partial charge in [0.2, 0.25) is 0 Å². The smallest absolute Gasteiger partial charge is 0.335 e. The van der Waals surface area contributed by atoms with Gasteiger partial charge in [-0.1, -0.05) is 0 Å². The number of carboxylic acids is 1. The summed E-state index contributed by atoms with van der Waals surface area (Å²) in [6, 6.07) is 9.55. The number of carbonyl (C=O) groups is 1. The number of aromatic carboxylic acids is 1. The average molecular weight is 434 g/mol. The first-order chi connectivity index (χ1) is 13.8. The number of hydrogen-bond acceptors (Lipinski definition) is 6. The number of nitrogens with one attached hydrogen (secondary N) is 1. The summed E-state index contributed by atoms with van der Waals surface area (Å²) >= 11 is 0.939. The van der Waals surface area contributed by atoms with Gasteiger partial charge in [-0.15, -0.1) is 11.3 Å². The summed E-state index contributed by atoms with van der Waals surface area (Å²) in [5.74, 6) is -1.36. The number of hydrogen-bond donors (Lipinski definition) is 2. The molecule has 2 aromatic carbocycles. The fourth-order valence-electron chi connectivity index (χ4n) is 2.51. The molecular formula is C19H15FN2O5S2. The van der Waals surface area contributed by atoms with Crippen LogP contribution in [0.2, 0.25) is 0 Å². The summed E-state index contributed by atoms with van der Waals surface area (Å²) in [4.78, 5) is 15.3. The van der Waals surface area contributed by atoms with Gasteiger partial charge >= 0.3 is 5.97 Å². The van der Waals surface area contributed by atoms with Crippen molar-refractivity contribution in [2.75, 3.05) is 4.72 Å². The molecule has 0 unspecified atom stereocenters. The van der Waals surface area contributed by atoms with E-state index in [-0.39, 0.29) is 27.3 Å². The van der Waals surface area contributed by atoms with Gasteiger partial charge < -0.3 is 9.84 Å². The Labute approximate surface area is 169 Å². The van der Waals surface area contributed by atoms with E-state index in [1.807, 2.05) is 0 Å². The molecule has 1 aromatic heterocycles. The Balaban J connectivity index is 1.61. The predicted octanol–water partition coefficient (Wildman–Crippen LogP) is 3.99. The Bertz CT molecular complexity index is 1170. The van der Waals surface area contributed by atoms with Gasteiger partial charge in [0, 0.05) is 5.56 Å². The summed E-state index contributed by atoms with van der Waals surface area (Å²) in [5.41, 5.74) is 0.750. The third-order valence-corrected chi connectivity index (χ3v) is 7.00. The van der Waals surface area contributed by atoms with E-state index in [1.165, 1.54) is 48.7 Å². The van der Waals surface area contributed by atoms with Crippen LogP contribution in [0.25, 0.3) is 10.6 Å². The van der Waals surface area contributed by atoms with E-state index in [2.05, 4.69) is 9.71 Å². The summed E-state index contributed by atoms with van der Waals surface area (Å²) in [5, 5.41) is 9.60. The monoisotopic (exact) mass is 434 g/mol. The van der Waals surface area contributed by atoms with E-state index >= 15 is 0 Å². The number of thiazole rings is 1. The summed E-state index contributed by atoms with van der Waals surface area (Å²) < 4.78 is 46.8. The lowest BCUT2D eigenvalue weighted by Gasteiger charge is -2.13. The second kappa shape index (κ2) is 7.45. The van der Waals surface area contributed by atoms with Crippen molar-refractivity contribution in [1.29, 1.82) is 0 Å². The van der Waals surface area contributed by atoms with Crippen molar-refractivity contribution >= 4 is 33.0 Å². The number of rotatable bonds is 7. The molecule has 1 aliphatic carbocycles. The van der Waals surface area contributed by atoms with Crippen LogP contribution in [0, 0.1) is 5.82 Å². The van der Waals surface area contributed by atoms with Gasteiger partial charge in [0.05, 0.1) is 23.6 Å². The second-order valence-electron chi connectivity index (χ2n) is 6.43. The number of ether oxygens (including phenoxy) is 1. The van der Waals surface area contributed by atoms with Gasteiger partial charge in [-0.05, 0) is 55.3 Å². The molecule has 3 aromatic rings. The van der Waals surface area contributed by atoms with E-state index < -0.39 is 21.8 Å². The van der Waals surface area contributed by atoms with Crippen molar-refractivity contribution in [3.63, 3.8) is 0 Å². The summed E-state index contributed by atoms with van der Waals surface area (Å²) in [6.45, 7) is 0. The molecule has 29 heavy (non-hydrogen) atoms. The van der Waals surface area contributed by atoms with Crippen molar-refractivity contribution in [3.05, 3.63) is 60.0 Å². The number of anilines is 1. The molecule has 2 N–H and O–H groups in total. The van der Waals surface area contributed by atoms with Crippen LogP contribution in [0.3, 0.4) is 0 Å². The van der Waals surface area contributed by atoms with E-state index in [4.69, 9.17) is 9.84 Å². The minimum Gasteiger partial charge on any atom is -0.488 e. The van der Waals surface area contributed by atoms with Gasteiger partial charge in [-0.25, -0.2) is 22.6 Å². The van der Waals surface area contributed by atoms with Gasteiger partial charge in [-0.2, -0.15) is 0 Å². The molecule has 0 saturated heterocycles. The third kappa shape index (κ3) is 4.38. The van der Waals surface area contributed by atoms with Gasteiger partial charge in [0.1, 0.15) is 16.6 Å². The number of aromatic nitrogens is 1. The van der Waals surface area contributed by atoms with Crippen LogP contribution >= 0.6 is 11.3 Å². The minimum absolute atomic E-state index is 0.0000145. The number of nitrogens with zero attached hydrogens (tertiary/aromatic N) is 1. The number of carboxylic acid groups (broad SMARTS) is 1. The number of benzene rings is 2. The normalized spacial score (nSPS) is 13.8. The quantitative estimate of drug-likeness (QED) is 0.583. The van der Waals surface area contributed by atoms with E-state index in [0.717, 1.165) is 24.2 Å². The molecule has 0 aliphatic heterocycles. The molecule has 1 aliphatic rings. The molecule has 7 nitrogen and oxygen atoms in total. The zero-order valence-electron chi connectivity index (χ0n) is 14.8. The first kappa shape index (κ1) is 19.3. The predicted molar refractivity (Wildman–Crippen MR) is 105 cm³/mol. The maximum Gasteiger partial charge on any atom is 0.335 e. The Kier molecular flexibility index (Phi) is 4.97. The van der Waals surface area contributed by atoms with Crippen LogP contribution in [0.4, 0.5) is 10.1 Å². The highest BCUT2D eigenvalue weighted by Gasteiger charge is 2.27. The average Bonchev–Trinajstić information content (AvgIpc) is 3.34. The molecule has 1 heterocycles. The van der Waals surface area contributed by atoms with Gasteiger partial charge in [-0.3, -0.25) is 4.72 Å². The first-order valence-electron chi connectivity index (χ1n) is 8.60. The fourth-order valence-corrected chi connectivity index (χ4v) is 4.71. The maximum absolute atomic E-state index is 13.1. The Hall–Kier alpha value is -2.98. The lowest BCUT2D eigenvalue weighted by atomic mass is 10.2. The zero-order chi connectivity index (χ0) is 20.6. The highest BCUT2D eigenvalue weighted by Crippen LogP contribution is 2.35. The lowest BCUT2D eigenvalue weighted by molar-refractivity contribution is 0.0696. The first-order valence-corrected chi connectivity index (χ1v) is 10.9. The van der Waals surface area contributed by atoms with Crippen LogP contribution in [0.15, 0.2) is 52.9 Å². The number of halogens is 1. The molecule has 10 heteroatoms. The molecule has 0 spiro atoms. The molecule has 4 rings (SSSR count). The fraction of sp³-hybridized carbons (Fsp3) is 0.158. The van der Waals surface area contributed by atoms with E-state index in [1.54, 1.807) is 0 Å². The van der Waals surface area contributed by atoms with Crippen molar-refractivity contribution in [2.24, 2.45) is 0 Å². The zero-order valence-corrected chi connectivity index (χ0v) is 16.5. The van der Waals surface area contributed by atoms with Gasteiger partial charge in [0.15, 0.2) is 4.21 Å². The topological polar surface area (TPSA) is 106 Å². The largest absolute Gasteiger partial charge is 0.488 e. The Morgan fingerprint density at radius 2 is 1.93 bits per heavy atom. The highest BCUT2D eigenvalue weighted by atomic mass is 32.2. The van der Waals surface area contributed by atoms with Crippen molar-refractivity contribution in [1.82, 2.24) is 4.98 Å². The van der Waals surface area contributed by atoms with Crippen LogP contribution < -0.4 is 9.46 Å². The van der Waals surface area contributed by atoms with Crippen molar-refractivity contribution in [2.45, 2.75) is 23.2 Å². The molecule has 1 saturated carbocycles. The minimum atomic E-state index is -3.98. The maximum atomic E-state index is 13.1. The van der Waals surface area contributed by atoms with Crippen molar-refractivity contribution < 1.29 is 27.4 Å². The van der Waals surface area contributed by atoms with E-state index in [0.29, 0.717) is 10.6 Å². The molecule has 0 amide bonds. The molecule has 0 bridgehead atoms.